The maximum Gasteiger partial charge on any atom is 0.326 e. The number of hydrogen-bond acceptors (Lipinski definition) is 5. The zero-order valence-electron chi connectivity index (χ0n) is 12.5. The van der Waals surface area contributed by atoms with Crippen LogP contribution in [-0.2, 0) is 9.53 Å². The summed E-state index contributed by atoms with van der Waals surface area (Å²) in [5, 5.41) is 12.2. The van der Waals surface area contributed by atoms with Gasteiger partial charge < -0.3 is 15.2 Å². The van der Waals surface area contributed by atoms with Crippen LogP contribution >= 0.6 is 0 Å². The van der Waals surface area contributed by atoms with Gasteiger partial charge in [0.25, 0.3) is 0 Å². The highest BCUT2D eigenvalue weighted by Gasteiger charge is 2.18. The van der Waals surface area contributed by atoms with Crippen molar-refractivity contribution in [3.8, 4) is 0 Å². The van der Waals surface area contributed by atoms with Gasteiger partial charge in [0.15, 0.2) is 0 Å². The van der Waals surface area contributed by atoms with Crippen LogP contribution in [0.25, 0.3) is 0 Å². The van der Waals surface area contributed by atoms with Crippen molar-refractivity contribution in [2.24, 2.45) is 0 Å². The summed E-state index contributed by atoms with van der Waals surface area (Å²) in [5.41, 5.74) is 0.826. The second kappa shape index (κ2) is 7.79. The summed E-state index contributed by atoms with van der Waals surface area (Å²) in [6.07, 6.45) is 1.17. The second-order valence-corrected chi connectivity index (χ2v) is 5.08. The number of carboxylic acid groups (broad SMARTS) is 1. The average Bonchev–Trinajstić information content (AvgIpc) is 2.36. The third-order valence-corrected chi connectivity index (χ3v) is 2.85. The number of aliphatic carboxylic acids is 1. The van der Waals surface area contributed by atoms with Gasteiger partial charge in [-0.05, 0) is 19.8 Å². The number of carbonyl (C=O) groups is 1. The molecule has 1 unspecified atom stereocenters. The van der Waals surface area contributed by atoms with Crippen LogP contribution in [0.4, 0.5) is 5.82 Å². The van der Waals surface area contributed by atoms with Crippen LogP contribution in [0.2, 0.25) is 0 Å². The van der Waals surface area contributed by atoms with E-state index in [1.54, 1.807) is 13.2 Å². The molecule has 0 saturated carbocycles. The van der Waals surface area contributed by atoms with E-state index in [1.165, 1.54) is 0 Å². The lowest BCUT2D eigenvalue weighted by Gasteiger charge is -2.16. The van der Waals surface area contributed by atoms with Crippen molar-refractivity contribution in [1.82, 2.24) is 9.97 Å². The van der Waals surface area contributed by atoms with Gasteiger partial charge >= 0.3 is 5.97 Å². The molecule has 0 bridgehead atoms. The highest BCUT2D eigenvalue weighted by molar-refractivity contribution is 5.76. The molecule has 1 aromatic heterocycles. The first kappa shape index (κ1) is 16.4. The Hall–Kier alpha value is -1.69. The standard InChI is InChI=1S/C14H23N3O3/c1-9(2)13-15-10(3)8-12(17-13)16-11(14(18)19)6-5-7-20-4/h8-9,11H,5-7H2,1-4H3,(H,18,19)(H,15,16,17). The Morgan fingerprint density at radius 3 is 2.70 bits per heavy atom. The van der Waals surface area contributed by atoms with E-state index >= 15 is 0 Å². The number of methoxy groups -OCH3 is 1. The van der Waals surface area contributed by atoms with Crippen LogP contribution in [-0.4, -0.2) is 40.8 Å². The number of nitrogens with zero attached hydrogens (tertiary/aromatic N) is 2. The van der Waals surface area contributed by atoms with E-state index in [0.717, 1.165) is 5.69 Å². The Morgan fingerprint density at radius 1 is 1.45 bits per heavy atom. The Bertz CT molecular complexity index is 449. The van der Waals surface area contributed by atoms with Gasteiger partial charge in [0.2, 0.25) is 0 Å². The van der Waals surface area contributed by atoms with Crippen LogP contribution in [0.15, 0.2) is 6.07 Å². The van der Waals surface area contributed by atoms with Gasteiger partial charge in [-0.15, -0.1) is 0 Å². The molecule has 0 fully saturated rings. The lowest BCUT2D eigenvalue weighted by Crippen LogP contribution is -2.30. The zero-order valence-corrected chi connectivity index (χ0v) is 12.5. The summed E-state index contributed by atoms with van der Waals surface area (Å²) in [6.45, 7) is 6.43. The van der Waals surface area contributed by atoms with Crippen LogP contribution in [0.1, 0.15) is 44.1 Å². The fourth-order valence-corrected chi connectivity index (χ4v) is 1.79. The molecule has 0 aliphatic rings. The molecule has 0 aliphatic heterocycles. The molecule has 0 amide bonds. The molecule has 1 heterocycles. The normalized spacial score (nSPS) is 12.4. The SMILES string of the molecule is COCCCC(Nc1cc(C)nc(C(C)C)n1)C(=O)O. The van der Waals surface area contributed by atoms with Gasteiger partial charge in [0, 0.05) is 31.4 Å². The zero-order chi connectivity index (χ0) is 15.1. The van der Waals surface area contributed by atoms with Gasteiger partial charge in [-0.25, -0.2) is 14.8 Å². The minimum Gasteiger partial charge on any atom is -0.480 e. The lowest BCUT2D eigenvalue weighted by molar-refractivity contribution is -0.138. The number of rotatable bonds is 8. The predicted molar refractivity (Wildman–Crippen MR) is 77.0 cm³/mol. The summed E-state index contributed by atoms with van der Waals surface area (Å²) in [5.74, 6) is 0.593. The molecule has 1 atom stereocenters. The molecule has 20 heavy (non-hydrogen) atoms. The molecule has 112 valence electrons. The summed E-state index contributed by atoms with van der Waals surface area (Å²) >= 11 is 0. The van der Waals surface area contributed by atoms with Crippen molar-refractivity contribution in [2.45, 2.75) is 45.6 Å². The van der Waals surface area contributed by atoms with Gasteiger partial charge in [-0.1, -0.05) is 13.8 Å². The Morgan fingerprint density at radius 2 is 2.15 bits per heavy atom. The first-order valence-electron chi connectivity index (χ1n) is 6.78. The highest BCUT2D eigenvalue weighted by Crippen LogP contribution is 2.15. The molecule has 0 saturated heterocycles. The second-order valence-electron chi connectivity index (χ2n) is 5.08. The third kappa shape index (κ3) is 5.13. The Kier molecular flexibility index (Phi) is 6.38. The van der Waals surface area contributed by atoms with E-state index in [0.29, 0.717) is 31.1 Å². The van der Waals surface area contributed by atoms with E-state index in [-0.39, 0.29) is 5.92 Å². The summed E-state index contributed by atoms with van der Waals surface area (Å²) in [6, 6.07) is 1.09. The topological polar surface area (TPSA) is 84.3 Å². The molecule has 6 nitrogen and oxygen atoms in total. The van der Waals surface area contributed by atoms with E-state index in [4.69, 9.17) is 4.74 Å². The fraction of sp³-hybridized carbons (Fsp3) is 0.643. The largest absolute Gasteiger partial charge is 0.480 e. The predicted octanol–water partition coefficient (Wildman–Crippen LogP) is 2.20. The number of nitrogens with one attached hydrogen (secondary N) is 1. The summed E-state index contributed by atoms with van der Waals surface area (Å²) in [4.78, 5) is 20.0. The number of anilines is 1. The van der Waals surface area contributed by atoms with Crippen LogP contribution in [0.5, 0.6) is 0 Å². The van der Waals surface area contributed by atoms with Crippen molar-refractivity contribution in [3.05, 3.63) is 17.6 Å². The van der Waals surface area contributed by atoms with Crippen LogP contribution in [0.3, 0.4) is 0 Å². The van der Waals surface area contributed by atoms with E-state index in [1.807, 2.05) is 20.8 Å². The summed E-state index contributed by atoms with van der Waals surface area (Å²) < 4.78 is 4.95. The minimum atomic E-state index is -0.886. The molecule has 1 aromatic rings. The molecule has 2 N–H and O–H groups in total. The van der Waals surface area contributed by atoms with Gasteiger partial charge in [-0.2, -0.15) is 0 Å². The Labute approximate surface area is 119 Å². The lowest BCUT2D eigenvalue weighted by atomic mass is 10.1. The average molecular weight is 281 g/mol. The summed E-state index contributed by atoms with van der Waals surface area (Å²) in [7, 11) is 1.60. The maximum atomic E-state index is 11.3. The monoisotopic (exact) mass is 281 g/mol. The van der Waals surface area contributed by atoms with Crippen LogP contribution in [0, 0.1) is 6.92 Å². The van der Waals surface area contributed by atoms with E-state index < -0.39 is 12.0 Å². The van der Waals surface area contributed by atoms with E-state index in [9.17, 15) is 9.90 Å². The van der Waals surface area contributed by atoms with Gasteiger partial charge in [0.1, 0.15) is 17.7 Å². The maximum absolute atomic E-state index is 11.3. The molecule has 1 rings (SSSR count). The third-order valence-electron chi connectivity index (χ3n) is 2.85. The first-order valence-corrected chi connectivity index (χ1v) is 6.78. The molecule has 0 radical (unpaired) electrons. The van der Waals surface area contributed by atoms with Crippen molar-refractivity contribution >= 4 is 11.8 Å². The van der Waals surface area contributed by atoms with Gasteiger partial charge in [-0.3, -0.25) is 0 Å². The van der Waals surface area contributed by atoms with Gasteiger partial charge in [0.05, 0.1) is 0 Å². The molecule has 0 spiro atoms. The molecule has 6 heteroatoms. The number of hydrogen-bond donors (Lipinski definition) is 2. The van der Waals surface area contributed by atoms with Crippen molar-refractivity contribution in [2.75, 3.05) is 19.0 Å². The van der Waals surface area contributed by atoms with Crippen LogP contribution < -0.4 is 5.32 Å². The van der Waals surface area contributed by atoms with Crippen molar-refractivity contribution in [1.29, 1.82) is 0 Å². The number of carboxylic acids is 1. The molecule has 0 aromatic carbocycles. The number of aryl methyl sites for hydroxylation is 1. The fourth-order valence-electron chi connectivity index (χ4n) is 1.79. The smallest absolute Gasteiger partial charge is 0.326 e. The highest BCUT2D eigenvalue weighted by atomic mass is 16.5. The van der Waals surface area contributed by atoms with Crippen molar-refractivity contribution < 1.29 is 14.6 Å². The molecule has 0 aliphatic carbocycles. The van der Waals surface area contributed by atoms with E-state index in [2.05, 4.69) is 15.3 Å². The quantitative estimate of drug-likeness (QED) is 0.711. The van der Waals surface area contributed by atoms with Crippen molar-refractivity contribution in [3.63, 3.8) is 0 Å². The number of aromatic nitrogens is 2. The number of ether oxygens (including phenoxy) is 1. The minimum absolute atomic E-state index is 0.201. The first-order chi connectivity index (χ1) is 9.43. The Balaban J connectivity index is 2.79. The molecular formula is C14H23N3O3. The molecular weight excluding hydrogens is 258 g/mol.